The van der Waals surface area contributed by atoms with Crippen LogP contribution in [0.15, 0.2) is 63.9 Å². The van der Waals surface area contributed by atoms with Crippen molar-refractivity contribution >= 4 is 26.9 Å². The Labute approximate surface area is 158 Å². The Bertz CT molecular complexity index is 1040. The number of rotatable bonds is 6. The van der Waals surface area contributed by atoms with Gasteiger partial charge in [0, 0.05) is 17.0 Å². The van der Waals surface area contributed by atoms with E-state index in [9.17, 15) is 13.2 Å². The third-order valence-corrected chi connectivity index (χ3v) is 5.67. The van der Waals surface area contributed by atoms with Gasteiger partial charge in [0.05, 0.1) is 10.9 Å². The summed E-state index contributed by atoms with van der Waals surface area (Å²) < 4.78 is 32.9. The minimum absolute atomic E-state index is 0.0558. The third kappa shape index (κ3) is 4.37. The highest BCUT2D eigenvalue weighted by Gasteiger charge is 2.19. The van der Waals surface area contributed by atoms with Crippen molar-refractivity contribution in [2.24, 2.45) is 0 Å². The molecule has 0 aliphatic rings. The first kappa shape index (κ1) is 19.1. The van der Waals surface area contributed by atoms with E-state index in [1.807, 2.05) is 37.3 Å². The molecule has 3 aromatic rings. The van der Waals surface area contributed by atoms with E-state index in [2.05, 4.69) is 10.0 Å². The van der Waals surface area contributed by atoms with Gasteiger partial charge in [-0.2, -0.15) is 0 Å². The topological polar surface area (TPSA) is 88.4 Å². The zero-order chi connectivity index (χ0) is 19.6. The molecule has 2 aromatic carbocycles. The molecule has 7 heteroatoms. The summed E-state index contributed by atoms with van der Waals surface area (Å²) in [5, 5.41) is 3.80. The predicted octanol–water partition coefficient (Wildman–Crippen LogP) is 3.61. The molecule has 27 heavy (non-hydrogen) atoms. The predicted molar refractivity (Wildman–Crippen MR) is 104 cm³/mol. The third-order valence-electron chi connectivity index (χ3n) is 4.02. The maximum atomic E-state index is 12.6. The van der Waals surface area contributed by atoms with Crippen molar-refractivity contribution in [1.82, 2.24) is 10.0 Å². The Hall–Kier alpha value is -2.64. The molecule has 0 fully saturated rings. The van der Waals surface area contributed by atoms with Crippen LogP contribution in [-0.2, 0) is 10.0 Å². The number of sulfonamides is 1. The highest BCUT2D eigenvalue weighted by molar-refractivity contribution is 7.89. The summed E-state index contributed by atoms with van der Waals surface area (Å²) in [6.07, 6.45) is 0. The Morgan fingerprint density at radius 3 is 2.44 bits per heavy atom. The number of carbonyl (C=O) groups is 1. The molecule has 1 atom stereocenters. The fourth-order valence-corrected chi connectivity index (χ4v) is 4.05. The second-order valence-corrected chi connectivity index (χ2v) is 8.40. The van der Waals surface area contributed by atoms with Crippen molar-refractivity contribution < 1.29 is 17.6 Å². The van der Waals surface area contributed by atoms with Gasteiger partial charge in [-0.1, -0.05) is 24.3 Å². The minimum Gasteiger partial charge on any atom is -0.459 e. The van der Waals surface area contributed by atoms with Crippen LogP contribution in [0, 0.1) is 0 Å². The van der Waals surface area contributed by atoms with Crippen molar-refractivity contribution in [3.63, 3.8) is 0 Å². The standard InChI is InChI=1S/C20H22N2O4S/c1-13(2)22-27(24,25)17-9-6-8-16(11-17)20(23)21-14(3)19-12-15-7-4-5-10-18(15)26-19/h4-14,22H,1-3H3,(H,21,23)/t14-/m1/s1. The van der Waals surface area contributed by atoms with E-state index < -0.39 is 10.0 Å². The minimum atomic E-state index is -3.66. The molecule has 142 valence electrons. The van der Waals surface area contributed by atoms with E-state index >= 15 is 0 Å². The Morgan fingerprint density at radius 2 is 1.74 bits per heavy atom. The van der Waals surface area contributed by atoms with E-state index in [1.54, 1.807) is 26.0 Å². The zero-order valence-corrected chi connectivity index (χ0v) is 16.2. The van der Waals surface area contributed by atoms with Crippen molar-refractivity contribution in [1.29, 1.82) is 0 Å². The van der Waals surface area contributed by atoms with Crippen LogP contribution in [0.2, 0.25) is 0 Å². The smallest absolute Gasteiger partial charge is 0.251 e. The normalized spacial score (nSPS) is 13.0. The highest BCUT2D eigenvalue weighted by Crippen LogP contribution is 2.24. The molecule has 3 rings (SSSR count). The molecule has 0 saturated carbocycles. The monoisotopic (exact) mass is 386 g/mol. The molecule has 0 aliphatic heterocycles. The Balaban J connectivity index is 1.78. The highest BCUT2D eigenvalue weighted by atomic mass is 32.2. The van der Waals surface area contributed by atoms with Gasteiger partial charge in [0.25, 0.3) is 5.91 Å². The first-order valence-corrected chi connectivity index (χ1v) is 10.2. The number of benzene rings is 2. The van der Waals surface area contributed by atoms with E-state index in [0.717, 1.165) is 11.0 Å². The molecule has 1 heterocycles. The van der Waals surface area contributed by atoms with Gasteiger partial charge in [-0.15, -0.1) is 0 Å². The molecule has 0 bridgehead atoms. The molecule has 1 aromatic heterocycles. The summed E-state index contributed by atoms with van der Waals surface area (Å²) in [4.78, 5) is 12.6. The molecular weight excluding hydrogens is 364 g/mol. The van der Waals surface area contributed by atoms with Crippen LogP contribution < -0.4 is 10.0 Å². The van der Waals surface area contributed by atoms with Crippen LogP contribution in [0.5, 0.6) is 0 Å². The number of nitrogens with one attached hydrogen (secondary N) is 2. The van der Waals surface area contributed by atoms with Crippen LogP contribution in [0.25, 0.3) is 11.0 Å². The van der Waals surface area contributed by atoms with Crippen molar-refractivity contribution in [2.75, 3.05) is 0 Å². The molecule has 0 radical (unpaired) electrons. The zero-order valence-electron chi connectivity index (χ0n) is 15.4. The van der Waals surface area contributed by atoms with E-state index in [4.69, 9.17) is 4.42 Å². The van der Waals surface area contributed by atoms with Crippen LogP contribution in [0.4, 0.5) is 0 Å². The van der Waals surface area contributed by atoms with Gasteiger partial charge in [-0.25, -0.2) is 13.1 Å². The summed E-state index contributed by atoms with van der Waals surface area (Å²) in [5.74, 6) is 0.263. The van der Waals surface area contributed by atoms with E-state index in [-0.39, 0.29) is 28.4 Å². The molecule has 2 N–H and O–H groups in total. The largest absolute Gasteiger partial charge is 0.459 e. The maximum absolute atomic E-state index is 12.6. The first-order chi connectivity index (χ1) is 12.8. The van der Waals surface area contributed by atoms with Crippen LogP contribution in [0.1, 0.15) is 42.9 Å². The van der Waals surface area contributed by atoms with Crippen LogP contribution >= 0.6 is 0 Å². The molecule has 1 amide bonds. The summed E-state index contributed by atoms with van der Waals surface area (Å²) in [6, 6.07) is 14.8. The lowest BCUT2D eigenvalue weighted by Gasteiger charge is -2.13. The van der Waals surface area contributed by atoms with Gasteiger partial charge in [0.15, 0.2) is 0 Å². The maximum Gasteiger partial charge on any atom is 0.251 e. The summed E-state index contributed by atoms with van der Waals surface area (Å²) >= 11 is 0. The number of furan rings is 1. The second kappa shape index (κ2) is 7.54. The summed E-state index contributed by atoms with van der Waals surface area (Å²) in [5.41, 5.74) is 1.02. The number of amides is 1. The second-order valence-electron chi connectivity index (χ2n) is 6.69. The number of hydrogen-bond donors (Lipinski definition) is 2. The number of para-hydroxylation sites is 1. The lowest BCUT2D eigenvalue weighted by molar-refractivity contribution is 0.0935. The molecule has 0 aliphatic carbocycles. The van der Waals surface area contributed by atoms with Gasteiger partial charge >= 0.3 is 0 Å². The number of carbonyl (C=O) groups excluding carboxylic acids is 1. The van der Waals surface area contributed by atoms with Gasteiger partial charge in [-0.05, 0) is 51.1 Å². The SMILES string of the molecule is CC(C)NS(=O)(=O)c1cccc(C(=O)N[C@H](C)c2cc3ccccc3o2)c1. The van der Waals surface area contributed by atoms with Crippen molar-refractivity contribution in [2.45, 2.75) is 37.8 Å². The quantitative estimate of drug-likeness (QED) is 0.677. The van der Waals surface area contributed by atoms with E-state index in [0.29, 0.717) is 5.76 Å². The first-order valence-electron chi connectivity index (χ1n) is 8.68. The molecular formula is C20H22N2O4S. The van der Waals surface area contributed by atoms with E-state index in [1.165, 1.54) is 12.1 Å². The lowest BCUT2D eigenvalue weighted by atomic mass is 10.1. The molecule has 6 nitrogen and oxygen atoms in total. The molecule has 0 spiro atoms. The average molecular weight is 386 g/mol. The summed E-state index contributed by atoms with van der Waals surface area (Å²) in [7, 11) is -3.66. The van der Waals surface area contributed by atoms with Gasteiger partial charge in [0.2, 0.25) is 10.0 Å². The Morgan fingerprint density at radius 1 is 1.00 bits per heavy atom. The van der Waals surface area contributed by atoms with Crippen LogP contribution in [-0.4, -0.2) is 20.4 Å². The fraction of sp³-hybridized carbons (Fsp3) is 0.250. The van der Waals surface area contributed by atoms with Crippen molar-refractivity contribution in [3.05, 3.63) is 65.9 Å². The number of hydrogen-bond acceptors (Lipinski definition) is 4. The average Bonchev–Trinajstić information content (AvgIpc) is 3.05. The van der Waals surface area contributed by atoms with Gasteiger partial charge in [0.1, 0.15) is 11.3 Å². The lowest BCUT2D eigenvalue weighted by Crippen LogP contribution is -2.31. The molecule has 0 unspecified atom stereocenters. The fourth-order valence-electron chi connectivity index (χ4n) is 2.75. The number of fused-ring (bicyclic) bond motifs is 1. The van der Waals surface area contributed by atoms with Crippen LogP contribution in [0.3, 0.4) is 0 Å². The van der Waals surface area contributed by atoms with Crippen molar-refractivity contribution in [3.8, 4) is 0 Å². The molecule has 0 saturated heterocycles. The van der Waals surface area contributed by atoms with Gasteiger partial charge in [-0.3, -0.25) is 4.79 Å². The van der Waals surface area contributed by atoms with Gasteiger partial charge < -0.3 is 9.73 Å². The summed E-state index contributed by atoms with van der Waals surface area (Å²) in [6.45, 7) is 5.29. The Kier molecular flexibility index (Phi) is 5.34.